The predicted molar refractivity (Wildman–Crippen MR) is 65.5 cm³/mol. The van der Waals surface area contributed by atoms with Crippen LogP contribution in [0.2, 0.25) is 0 Å². The molecule has 1 aliphatic carbocycles. The van der Waals surface area contributed by atoms with Crippen molar-refractivity contribution in [2.24, 2.45) is 0 Å². The van der Waals surface area contributed by atoms with Crippen molar-refractivity contribution in [1.29, 1.82) is 0 Å². The molecule has 1 aliphatic rings. The van der Waals surface area contributed by atoms with Gasteiger partial charge in [-0.1, -0.05) is 12.1 Å². The van der Waals surface area contributed by atoms with Gasteiger partial charge < -0.3 is 9.73 Å². The summed E-state index contributed by atoms with van der Waals surface area (Å²) in [5, 5.41) is 4.74. The molecule has 0 saturated heterocycles. The maximum atomic E-state index is 5.90. The molecular weight excluding hydrogens is 198 g/mol. The maximum absolute atomic E-state index is 5.90. The fraction of sp³-hybridized carbons (Fsp3) is 0.429. The summed E-state index contributed by atoms with van der Waals surface area (Å²) in [6.07, 6.45) is 2.64. The van der Waals surface area contributed by atoms with Crippen molar-refractivity contribution < 1.29 is 4.42 Å². The molecule has 1 fully saturated rings. The van der Waals surface area contributed by atoms with Gasteiger partial charge >= 0.3 is 0 Å². The van der Waals surface area contributed by atoms with Gasteiger partial charge in [-0.25, -0.2) is 0 Å². The molecule has 1 heterocycles. The quantitative estimate of drug-likeness (QED) is 0.849. The van der Waals surface area contributed by atoms with Gasteiger partial charge in [0.05, 0.1) is 6.54 Å². The minimum absolute atomic E-state index is 0.732. The van der Waals surface area contributed by atoms with E-state index in [1.807, 2.05) is 0 Å². The van der Waals surface area contributed by atoms with Gasteiger partial charge in [-0.15, -0.1) is 0 Å². The van der Waals surface area contributed by atoms with Gasteiger partial charge in [0.1, 0.15) is 11.3 Å². The zero-order valence-corrected chi connectivity index (χ0v) is 9.84. The third-order valence-electron chi connectivity index (χ3n) is 3.29. The number of nitrogens with one attached hydrogen (secondary N) is 1. The molecule has 0 unspecified atom stereocenters. The van der Waals surface area contributed by atoms with Gasteiger partial charge in [0.25, 0.3) is 0 Å². The van der Waals surface area contributed by atoms with E-state index in [1.165, 1.54) is 29.4 Å². The first-order chi connectivity index (χ1) is 7.74. The monoisotopic (exact) mass is 215 g/mol. The summed E-state index contributed by atoms with van der Waals surface area (Å²) in [5.41, 5.74) is 3.56. The van der Waals surface area contributed by atoms with Crippen LogP contribution in [0.25, 0.3) is 11.0 Å². The Kier molecular flexibility index (Phi) is 2.25. The Morgan fingerprint density at radius 3 is 2.69 bits per heavy atom. The molecule has 2 nitrogen and oxygen atoms in total. The Balaban J connectivity index is 1.94. The van der Waals surface area contributed by atoms with Crippen LogP contribution in [0.15, 0.2) is 22.6 Å². The van der Waals surface area contributed by atoms with E-state index in [0.717, 1.165) is 23.9 Å². The number of hydrogen-bond acceptors (Lipinski definition) is 2. The lowest BCUT2D eigenvalue weighted by atomic mass is 10.1. The van der Waals surface area contributed by atoms with Crippen molar-refractivity contribution >= 4 is 11.0 Å². The highest BCUT2D eigenvalue weighted by Crippen LogP contribution is 2.26. The molecule has 0 atom stereocenters. The lowest BCUT2D eigenvalue weighted by Crippen LogP contribution is -2.14. The van der Waals surface area contributed by atoms with Crippen molar-refractivity contribution in [3.63, 3.8) is 0 Å². The number of rotatable bonds is 3. The van der Waals surface area contributed by atoms with E-state index >= 15 is 0 Å². The zero-order chi connectivity index (χ0) is 11.1. The molecule has 1 saturated carbocycles. The minimum Gasteiger partial charge on any atom is -0.459 e. The molecule has 0 bridgehead atoms. The Bertz CT molecular complexity index is 484. The van der Waals surface area contributed by atoms with E-state index in [4.69, 9.17) is 4.42 Å². The average Bonchev–Trinajstić information content (AvgIpc) is 2.99. The standard InChI is InChI=1S/C14H17NO/c1-9-3-4-10(2)14-13(9)7-12(16-14)8-15-11-5-6-11/h3-4,7,11,15H,5-6,8H2,1-2H3. The lowest BCUT2D eigenvalue weighted by Gasteiger charge is -1.98. The summed E-state index contributed by atoms with van der Waals surface area (Å²) in [4.78, 5) is 0. The van der Waals surface area contributed by atoms with Crippen molar-refractivity contribution in [2.75, 3.05) is 0 Å². The topological polar surface area (TPSA) is 25.2 Å². The summed E-state index contributed by atoms with van der Waals surface area (Å²) in [6.45, 7) is 5.09. The summed E-state index contributed by atoms with van der Waals surface area (Å²) in [7, 11) is 0. The lowest BCUT2D eigenvalue weighted by molar-refractivity contribution is 0.511. The highest BCUT2D eigenvalue weighted by molar-refractivity contribution is 5.84. The van der Waals surface area contributed by atoms with E-state index in [2.05, 4.69) is 37.4 Å². The summed E-state index contributed by atoms with van der Waals surface area (Å²) in [5.74, 6) is 1.05. The van der Waals surface area contributed by atoms with Crippen LogP contribution < -0.4 is 5.32 Å². The zero-order valence-electron chi connectivity index (χ0n) is 9.84. The molecule has 0 radical (unpaired) electrons. The Labute approximate surface area is 95.6 Å². The Morgan fingerprint density at radius 1 is 1.25 bits per heavy atom. The van der Waals surface area contributed by atoms with E-state index in [0.29, 0.717) is 0 Å². The number of fused-ring (bicyclic) bond motifs is 1. The normalized spacial score (nSPS) is 15.9. The molecule has 2 aromatic rings. The summed E-state index contributed by atoms with van der Waals surface area (Å²) >= 11 is 0. The number of benzene rings is 1. The van der Waals surface area contributed by atoms with Crippen LogP contribution in [0.4, 0.5) is 0 Å². The first-order valence-electron chi connectivity index (χ1n) is 5.96. The molecule has 0 amide bonds. The van der Waals surface area contributed by atoms with Crippen LogP contribution in [0.1, 0.15) is 29.7 Å². The minimum atomic E-state index is 0.732. The van der Waals surface area contributed by atoms with Gasteiger partial charge in [0.15, 0.2) is 0 Å². The van der Waals surface area contributed by atoms with Crippen LogP contribution in [-0.2, 0) is 6.54 Å². The second kappa shape index (κ2) is 3.63. The molecular formula is C14H17NO. The molecule has 1 N–H and O–H groups in total. The van der Waals surface area contributed by atoms with Gasteiger partial charge in [0.2, 0.25) is 0 Å². The Morgan fingerprint density at radius 2 is 2.00 bits per heavy atom. The number of furan rings is 1. The van der Waals surface area contributed by atoms with Crippen molar-refractivity contribution in [2.45, 2.75) is 39.3 Å². The van der Waals surface area contributed by atoms with Crippen molar-refractivity contribution in [3.05, 3.63) is 35.1 Å². The van der Waals surface area contributed by atoms with Crippen molar-refractivity contribution in [1.82, 2.24) is 5.32 Å². The average molecular weight is 215 g/mol. The first kappa shape index (κ1) is 9.91. The largest absolute Gasteiger partial charge is 0.459 e. The molecule has 2 heteroatoms. The van der Waals surface area contributed by atoms with E-state index in [9.17, 15) is 0 Å². The van der Waals surface area contributed by atoms with Crippen LogP contribution in [-0.4, -0.2) is 6.04 Å². The predicted octanol–water partition coefficient (Wildman–Crippen LogP) is 3.30. The highest BCUT2D eigenvalue weighted by atomic mass is 16.3. The number of aryl methyl sites for hydroxylation is 2. The highest BCUT2D eigenvalue weighted by Gasteiger charge is 2.20. The maximum Gasteiger partial charge on any atom is 0.137 e. The molecule has 3 rings (SSSR count). The second-order valence-corrected chi connectivity index (χ2v) is 4.81. The van der Waals surface area contributed by atoms with Crippen molar-refractivity contribution in [3.8, 4) is 0 Å². The SMILES string of the molecule is Cc1ccc(C)c2oc(CNC3CC3)cc12. The molecule has 1 aromatic heterocycles. The fourth-order valence-electron chi connectivity index (χ4n) is 2.06. The van der Waals surface area contributed by atoms with Crippen LogP contribution in [0.3, 0.4) is 0 Å². The second-order valence-electron chi connectivity index (χ2n) is 4.81. The Hall–Kier alpha value is -1.28. The fourth-order valence-corrected chi connectivity index (χ4v) is 2.06. The molecule has 0 spiro atoms. The van der Waals surface area contributed by atoms with Gasteiger partial charge in [0, 0.05) is 11.4 Å². The molecule has 0 aliphatic heterocycles. The molecule has 1 aromatic carbocycles. The summed E-state index contributed by atoms with van der Waals surface area (Å²) < 4.78 is 5.90. The smallest absolute Gasteiger partial charge is 0.137 e. The first-order valence-corrected chi connectivity index (χ1v) is 5.96. The summed E-state index contributed by atoms with van der Waals surface area (Å²) in [6, 6.07) is 7.19. The van der Waals surface area contributed by atoms with Gasteiger partial charge in [-0.3, -0.25) is 0 Å². The molecule has 16 heavy (non-hydrogen) atoms. The van der Waals surface area contributed by atoms with Gasteiger partial charge in [-0.2, -0.15) is 0 Å². The molecule has 84 valence electrons. The van der Waals surface area contributed by atoms with E-state index in [1.54, 1.807) is 0 Å². The van der Waals surface area contributed by atoms with Crippen LogP contribution in [0, 0.1) is 13.8 Å². The third-order valence-corrected chi connectivity index (χ3v) is 3.29. The van der Waals surface area contributed by atoms with E-state index < -0.39 is 0 Å². The third kappa shape index (κ3) is 1.74. The van der Waals surface area contributed by atoms with Crippen LogP contribution >= 0.6 is 0 Å². The van der Waals surface area contributed by atoms with E-state index in [-0.39, 0.29) is 0 Å². The van der Waals surface area contributed by atoms with Crippen LogP contribution in [0.5, 0.6) is 0 Å². The van der Waals surface area contributed by atoms with Gasteiger partial charge in [-0.05, 0) is 43.9 Å². The number of hydrogen-bond donors (Lipinski definition) is 1.